The third-order valence-electron chi connectivity index (χ3n) is 6.44. The van der Waals surface area contributed by atoms with Crippen molar-refractivity contribution in [3.8, 4) is 0 Å². The zero-order valence-electron chi connectivity index (χ0n) is 21.2. The Hall–Kier alpha value is -2.20. The van der Waals surface area contributed by atoms with Crippen LogP contribution < -0.4 is 4.90 Å². The Bertz CT molecular complexity index is 952. The summed E-state index contributed by atoms with van der Waals surface area (Å²) < 4.78 is 7.66. The predicted molar refractivity (Wildman–Crippen MR) is 133 cm³/mol. The Morgan fingerprint density at radius 2 is 2.00 bits per heavy atom. The van der Waals surface area contributed by atoms with Crippen molar-refractivity contribution in [3.05, 3.63) is 12.5 Å². The first kappa shape index (κ1) is 25.4. The molecule has 1 saturated heterocycles. The summed E-state index contributed by atoms with van der Waals surface area (Å²) in [5, 5.41) is 15.3. The summed E-state index contributed by atoms with van der Waals surface area (Å²) in [6.45, 7) is 15.0. The number of carbonyl (C=O) groups is 1. The Balaban J connectivity index is 1.88. The van der Waals surface area contributed by atoms with Crippen LogP contribution in [0.25, 0.3) is 11.0 Å². The van der Waals surface area contributed by atoms with Crippen LogP contribution in [-0.4, -0.2) is 76.2 Å². The molecule has 0 aliphatic carbocycles. The fraction of sp³-hybridized carbons (Fsp3) is 0.739. The third-order valence-corrected chi connectivity index (χ3v) is 8.14. The lowest BCUT2D eigenvalue weighted by Crippen LogP contribution is -2.57. The summed E-state index contributed by atoms with van der Waals surface area (Å²) in [6.07, 6.45) is 5.25. The van der Waals surface area contributed by atoms with Crippen LogP contribution in [0.15, 0.2) is 12.5 Å². The van der Waals surface area contributed by atoms with Crippen molar-refractivity contribution in [1.82, 2.24) is 24.6 Å². The molecule has 0 bridgehead atoms. The monoisotopic (exact) mass is 476 g/mol. The van der Waals surface area contributed by atoms with Gasteiger partial charge in [0, 0.05) is 28.3 Å². The number of amides is 1. The van der Waals surface area contributed by atoms with Gasteiger partial charge in [-0.25, -0.2) is 19.4 Å². The molecule has 33 heavy (non-hydrogen) atoms. The second-order valence-corrected chi connectivity index (χ2v) is 17.0. The summed E-state index contributed by atoms with van der Waals surface area (Å²) in [6, 6.07) is 0.941. The van der Waals surface area contributed by atoms with Gasteiger partial charge in [0.05, 0.1) is 23.7 Å². The van der Waals surface area contributed by atoms with Crippen molar-refractivity contribution in [2.75, 3.05) is 25.1 Å². The molecule has 184 valence electrons. The molecule has 0 spiro atoms. The number of anilines is 1. The molecule has 1 aliphatic heterocycles. The lowest BCUT2D eigenvalue weighted by atomic mass is 9.80. The van der Waals surface area contributed by atoms with Crippen molar-refractivity contribution in [2.45, 2.75) is 84.5 Å². The maximum atomic E-state index is 12.1. The average molecular weight is 477 g/mol. The summed E-state index contributed by atoms with van der Waals surface area (Å²) in [5.41, 5.74) is 0.512. The van der Waals surface area contributed by atoms with E-state index in [1.165, 1.54) is 0 Å². The number of ether oxygens (including phenoxy) is 1. The van der Waals surface area contributed by atoms with Gasteiger partial charge < -0.3 is 19.6 Å². The van der Waals surface area contributed by atoms with Crippen LogP contribution in [0.5, 0.6) is 0 Å². The molecule has 1 aliphatic rings. The highest BCUT2D eigenvalue weighted by atomic mass is 28.3. The standard InChI is InChI=1S/C23H40N6O3Si/c1-23(2,3)19-18(10-8-9-11-28(19)22(30)31)27(4)20-17-14-26-29(21(17)25-15-24-20)16-32-12-13-33(5,6)7/h14-15,18-19H,8-13,16H2,1-7H3,(H,30,31). The maximum absolute atomic E-state index is 12.1. The first-order valence-corrected chi connectivity index (χ1v) is 15.6. The highest BCUT2D eigenvalue weighted by Gasteiger charge is 2.42. The zero-order chi connectivity index (χ0) is 24.4. The number of nitrogens with zero attached hydrogens (tertiary/aromatic N) is 6. The molecule has 2 atom stereocenters. The summed E-state index contributed by atoms with van der Waals surface area (Å²) in [4.78, 5) is 25.0. The first-order chi connectivity index (χ1) is 15.4. The van der Waals surface area contributed by atoms with E-state index in [0.29, 0.717) is 13.3 Å². The van der Waals surface area contributed by atoms with E-state index in [4.69, 9.17) is 4.74 Å². The minimum absolute atomic E-state index is 0.00181. The van der Waals surface area contributed by atoms with Crippen LogP contribution in [0, 0.1) is 5.41 Å². The molecule has 2 unspecified atom stereocenters. The number of carboxylic acid groups (broad SMARTS) is 1. The SMILES string of the molecule is CN(c1ncnc2c1cnn2COCC[Si](C)(C)C)C1CCCCN(C(=O)O)C1C(C)(C)C. The molecule has 3 rings (SSSR count). The van der Waals surface area contributed by atoms with Gasteiger partial charge in [0.1, 0.15) is 18.9 Å². The second-order valence-electron chi connectivity index (χ2n) is 11.4. The number of likely N-dealkylation sites (tertiary alicyclic amines) is 1. The van der Waals surface area contributed by atoms with Gasteiger partial charge in [0.15, 0.2) is 5.65 Å². The van der Waals surface area contributed by atoms with Crippen molar-refractivity contribution < 1.29 is 14.6 Å². The van der Waals surface area contributed by atoms with E-state index in [0.717, 1.165) is 48.8 Å². The average Bonchev–Trinajstić information content (AvgIpc) is 2.97. The van der Waals surface area contributed by atoms with E-state index in [9.17, 15) is 9.90 Å². The summed E-state index contributed by atoms with van der Waals surface area (Å²) in [7, 11) is 0.863. The highest BCUT2D eigenvalue weighted by molar-refractivity contribution is 6.76. The van der Waals surface area contributed by atoms with Crippen LogP contribution in [0.2, 0.25) is 25.7 Å². The van der Waals surface area contributed by atoms with E-state index in [2.05, 4.69) is 60.4 Å². The van der Waals surface area contributed by atoms with Gasteiger partial charge in [-0.1, -0.05) is 40.4 Å². The predicted octanol–water partition coefficient (Wildman–Crippen LogP) is 4.52. The fourth-order valence-electron chi connectivity index (χ4n) is 4.75. The van der Waals surface area contributed by atoms with E-state index < -0.39 is 14.2 Å². The molecule has 1 N–H and O–H groups in total. The molecule has 3 heterocycles. The van der Waals surface area contributed by atoms with Gasteiger partial charge in [-0.05, 0) is 30.7 Å². The number of hydrogen-bond acceptors (Lipinski definition) is 6. The van der Waals surface area contributed by atoms with Crippen LogP contribution in [0.3, 0.4) is 0 Å². The minimum Gasteiger partial charge on any atom is -0.465 e. The number of fused-ring (bicyclic) bond motifs is 1. The largest absolute Gasteiger partial charge is 0.465 e. The van der Waals surface area contributed by atoms with Crippen molar-refractivity contribution in [2.24, 2.45) is 5.41 Å². The highest BCUT2D eigenvalue weighted by Crippen LogP contribution is 2.36. The molecule has 0 saturated carbocycles. The Kier molecular flexibility index (Phi) is 7.68. The topological polar surface area (TPSA) is 96.6 Å². The fourth-order valence-corrected chi connectivity index (χ4v) is 5.50. The summed E-state index contributed by atoms with van der Waals surface area (Å²) in [5.74, 6) is 0.778. The molecule has 0 aromatic carbocycles. The quantitative estimate of drug-likeness (QED) is 0.463. The Morgan fingerprint density at radius 1 is 1.27 bits per heavy atom. The number of aromatic nitrogens is 4. The van der Waals surface area contributed by atoms with Gasteiger partial charge in [-0.2, -0.15) is 5.10 Å². The van der Waals surface area contributed by atoms with Gasteiger partial charge in [-0.3, -0.25) is 0 Å². The first-order valence-electron chi connectivity index (χ1n) is 11.9. The van der Waals surface area contributed by atoms with Crippen LogP contribution in [0.4, 0.5) is 10.6 Å². The maximum Gasteiger partial charge on any atom is 0.407 e. The van der Waals surface area contributed by atoms with Crippen molar-refractivity contribution in [1.29, 1.82) is 0 Å². The van der Waals surface area contributed by atoms with E-state index in [1.807, 2.05) is 7.05 Å². The lowest BCUT2D eigenvalue weighted by Gasteiger charge is -2.45. The molecule has 10 heteroatoms. The molecule has 1 fully saturated rings. The van der Waals surface area contributed by atoms with Crippen LogP contribution in [-0.2, 0) is 11.5 Å². The van der Waals surface area contributed by atoms with Crippen molar-refractivity contribution >= 4 is 31.0 Å². The normalized spacial score (nSPS) is 20.2. The summed E-state index contributed by atoms with van der Waals surface area (Å²) >= 11 is 0. The molecular formula is C23H40N6O3Si. The Labute approximate surface area is 198 Å². The van der Waals surface area contributed by atoms with Gasteiger partial charge in [0.2, 0.25) is 0 Å². The number of hydrogen-bond donors (Lipinski definition) is 1. The van der Waals surface area contributed by atoms with E-state index in [-0.39, 0.29) is 17.5 Å². The molecule has 2 aromatic heterocycles. The number of rotatable bonds is 7. The Morgan fingerprint density at radius 3 is 2.64 bits per heavy atom. The zero-order valence-corrected chi connectivity index (χ0v) is 22.2. The van der Waals surface area contributed by atoms with E-state index in [1.54, 1.807) is 22.1 Å². The smallest absolute Gasteiger partial charge is 0.407 e. The molecule has 1 amide bonds. The van der Waals surface area contributed by atoms with Gasteiger partial charge in [-0.15, -0.1) is 0 Å². The van der Waals surface area contributed by atoms with Crippen LogP contribution in [0.1, 0.15) is 40.0 Å². The lowest BCUT2D eigenvalue weighted by molar-refractivity contribution is 0.0739. The minimum atomic E-state index is -1.15. The molecule has 9 nitrogen and oxygen atoms in total. The van der Waals surface area contributed by atoms with Crippen LogP contribution >= 0.6 is 0 Å². The molecule has 2 aromatic rings. The number of likely N-dealkylation sites (N-methyl/N-ethyl adjacent to an activating group) is 1. The molecular weight excluding hydrogens is 436 g/mol. The third kappa shape index (κ3) is 6.03. The molecule has 0 radical (unpaired) electrons. The van der Waals surface area contributed by atoms with Gasteiger partial charge in [0.25, 0.3) is 0 Å². The van der Waals surface area contributed by atoms with Crippen molar-refractivity contribution in [3.63, 3.8) is 0 Å². The van der Waals surface area contributed by atoms with E-state index >= 15 is 0 Å². The van der Waals surface area contributed by atoms with Gasteiger partial charge >= 0.3 is 6.09 Å². The second kappa shape index (κ2) is 9.96.